The van der Waals surface area contributed by atoms with Gasteiger partial charge in [0.2, 0.25) is 10.0 Å². The van der Waals surface area contributed by atoms with Gasteiger partial charge >= 0.3 is 5.97 Å². The Morgan fingerprint density at radius 3 is 2.63 bits per heavy atom. The molecule has 0 saturated heterocycles. The van der Waals surface area contributed by atoms with Crippen molar-refractivity contribution in [2.75, 3.05) is 20.7 Å². The number of carboxylic acid groups (broad SMARTS) is 1. The molecule has 0 bridgehead atoms. The zero-order chi connectivity index (χ0) is 14.6. The van der Waals surface area contributed by atoms with Crippen LogP contribution in [0.15, 0.2) is 23.1 Å². The number of rotatable bonds is 5. The van der Waals surface area contributed by atoms with E-state index < -0.39 is 22.5 Å². The molecule has 0 atom stereocenters. The van der Waals surface area contributed by atoms with Crippen molar-refractivity contribution in [2.24, 2.45) is 0 Å². The number of nitriles is 1. The number of hydrogen-bond donors (Lipinski definition) is 1. The Bertz CT molecular complexity index is 633. The summed E-state index contributed by atoms with van der Waals surface area (Å²) in [4.78, 5) is 10.4. The maximum Gasteiger partial charge on any atom is 0.318 e. The number of carboxylic acids is 1. The van der Waals surface area contributed by atoms with Crippen molar-refractivity contribution < 1.29 is 23.1 Å². The van der Waals surface area contributed by atoms with E-state index in [0.717, 1.165) is 7.05 Å². The van der Waals surface area contributed by atoms with E-state index in [9.17, 15) is 13.2 Å². The molecule has 19 heavy (non-hydrogen) atoms. The van der Waals surface area contributed by atoms with Crippen LogP contribution in [0.1, 0.15) is 5.56 Å². The third-order valence-electron chi connectivity index (χ3n) is 2.34. The topological polar surface area (TPSA) is 108 Å². The standard InChI is InChI=1S/C11H12N2O5S/c1-13(7-11(14)15)19(16,17)10-4-3-8(6-12)5-9(10)18-2/h3-5H,7H2,1-2H3,(H,14,15). The highest BCUT2D eigenvalue weighted by atomic mass is 32.2. The number of carbonyl (C=O) groups is 1. The summed E-state index contributed by atoms with van der Waals surface area (Å²) in [6.45, 7) is -0.661. The minimum absolute atomic E-state index is 0.00344. The monoisotopic (exact) mass is 284 g/mol. The molecule has 1 rings (SSSR count). The Balaban J connectivity index is 3.29. The molecule has 0 spiro atoms. The Morgan fingerprint density at radius 2 is 2.16 bits per heavy atom. The zero-order valence-corrected chi connectivity index (χ0v) is 11.1. The molecule has 0 amide bonds. The van der Waals surface area contributed by atoms with Gasteiger partial charge in [0.25, 0.3) is 0 Å². The molecule has 102 valence electrons. The summed E-state index contributed by atoms with van der Waals surface area (Å²) in [6, 6.07) is 5.68. The molecular weight excluding hydrogens is 272 g/mol. The molecule has 0 heterocycles. The lowest BCUT2D eigenvalue weighted by Gasteiger charge is -2.17. The molecule has 1 aromatic carbocycles. The zero-order valence-electron chi connectivity index (χ0n) is 10.3. The average molecular weight is 284 g/mol. The summed E-state index contributed by atoms with van der Waals surface area (Å²) >= 11 is 0. The highest BCUT2D eigenvalue weighted by molar-refractivity contribution is 7.89. The summed E-state index contributed by atoms with van der Waals surface area (Å²) < 4.78 is 29.9. The van der Waals surface area contributed by atoms with E-state index in [0.29, 0.717) is 4.31 Å². The molecule has 0 aliphatic carbocycles. The van der Waals surface area contributed by atoms with Crippen LogP contribution in [0.3, 0.4) is 0 Å². The van der Waals surface area contributed by atoms with E-state index in [2.05, 4.69) is 0 Å². The molecule has 0 unspecified atom stereocenters. The first-order chi connectivity index (χ1) is 8.82. The van der Waals surface area contributed by atoms with Crippen LogP contribution in [0.2, 0.25) is 0 Å². The van der Waals surface area contributed by atoms with Gasteiger partial charge < -0.3 is 9.84 Å². The molecule has 7 nitrogen and oxygen atoms in total. The van der Waals surface area contributed by atoms with E-state index in [1.54, 1.807) is 0 Å². The van der Waals surface area contributed by atoms with Gasteiger partial charge in [-0.25, -0.2) is 8.42 Å². The normalized spacial score (nSPS) is 11.1. The molecule has 0 aliphatic rings. The van der Waals surface area contributed by atoms with E-state index in [4.69, 9.17) is 15.1 Å². The predicted molar refractivity (Wildman–Crippen MR) is 65.2 cm³/mol. The third-order valence-corrected chi connectivity index (χ3v) is 4.18. The molecule has 0 aliphatic heterocycles. The first kappa shape index (κ1) is 14.9. The van der Waals surface area contributed by atoms with Crippen LogP contribution in [0.25, 0.3) is 0 Å². The largest absolute Gasteiger partial charge is 0.495 e. The number of sulfonamides is 1. The van der Waals surface area contributed by atoms with Crippen molar-refractivity contribution >= 4 is 16.0 Å². The summed E-state index contributed by atoms with van der Waals surface area (Å²) in [5.74, 6) is -1.27. The Hall–Kier alpha value is -2.11. The van der Waals surface area contributed by atoms with Crippen molar-refractivity contribution in [3.63, 3.8) is 0 Å². The number of nitrogens with zero attached hydrogens (tertiary/aromatic N) is 2. The molecule has 0 fully saturated rings. The molecule has 0 aromatic heterocycles. The lowest BCUT2D eigenvalue weighted by molar-refractivity contribution is -0.137. The summed E-state index contributed by atoms with van der Waals surface area (Å²) in [6.07, 6.45) is 0. The van der Waals surface area contributed by atoms with Gasteiger partial charge in [-0.1, -0.05) is 0 Å². The van der Waals surface area contributed by atoms with Crippen LogP contribution in [0, 0.1) is 11.3 Å². The van der Waals surface area contributed by atoms with E-state index in [-0.39, 0.29) is 16.2 Å². The van der Waals surface area contributed by atoms with Crippen molar-refractivity contribution in [3.8, 4) is 11.8 Å². The minimum Gasteiger partial charge on any atom is -0.495 e. The van der Waals surface area contributed by atoms with Crippen LogP contribution >= 0.6 is 0 Å². The fourth-order valence-corrected chi connectivity index (χ4v) is 2.65. The Morgan fingerprint density at radius 1 is 1.53 bits per heavy atom. The van der Waals surface area contributed by atoms with Gasteiger partial charge in [-0.15, -0.1) is 0 Å². The average Bonchev–Trinajstić information content (AvgIpc) is 2.36. The maximum absolute atomic E-state index is 12.1. The number of aliphatic carboxylic acids is 1. The van der Waals surface area contributed by atoms with Crippen LogP contribution in [0.5, 0.6) is 5.75 Å². The smallest absolute Gasteiger partial charge is 0.318 e. The quantitative estimate of drug-likeness (QED) is 0.831. The molecule has 1 aromatic rings. The van der Waals surface area contributed by atoms with Gasteiger partial charge in [0.05, 0.1) is 18.7 Å². The fraction of sp³-hybridized carbons (Fsp3) is 0.273. The number of benzene rings is 1. The highest BCUT2D eigenvalue weighted by Gasteiger charge is 2.26. The Labute approximate surface area is 110 Å². The first-order valence-electron chi connectivity index (χ1n) is 5.09. The third kappa shape index (κ3) is 3.21. The second-order valence-corrected chi connectivity index (χ2v) is 5.65. The van der Waals surface area contributed by atoms with Gasteiger partial charge in [0.1, 0.15) is 17.2 Å². The lowest BCUT2D eigenvalue weighted by atomic mass is 10.2. The van der Waals surface area contributed by atoms with Crippen LogP contribution in [0.4, 0.5) is 0 Å². The molecule has 0 saturated carbocycles. The van der Waals surface area contributed by atoms with Gasteiger partial charge in [0.15, 0.2) is 0 Å². The van der Waals surface area contributed by atoms with Crippen molar-refractivity contribution in [1.29, 1.82) is 5.26 Å². The minimum atomic E-state index is -3.98. The van der Waals surface area contributed by atoms with Crippen molar-refractivity contribution in [2.45, 2.75) is 4.90 Å². The van der Waals surface area contributed by atoms with Crippen LogP contribution < -0.4 is 4.74 Å². The van der Waals surface area contributed by atoms with E-state index in [1.165, 1.54) is 25.3 Å². The van der Waals surface area contributed by atoms with E-state index in [1.807, 2.05) is 6.07 Å². The van der Waals surface area contributed by atoms with Crippen molar-refractivity contribution in [3.05, 3.63) is 23.8 Å². The van der Waals surface area contributed by atoms with E-state index >= 15 is 0 Å². The summed E-state index contributed by atoms with van der Waals surface area (Å²) in [5, 5.41) is 17.4. The van der Waals surface area contributed by atoms with Crippen LogP contribution in [-0.2, 0) is 14.8 Å². The van der Waals surface area contributed by atoms with Gasteiger partial charge in [-0.3, -0.25) is 4.79 Å². The number of likely N-dealkylation sites (N-methyl/N-ethyl adjacent to an activating group) is 1. The fourth-order valence-electron chi connectivity index (χ4n) is 1.39. The number of ether oxygens (including phenoxy) is 1. The summed E-state index contributed by atoms with van der Waals surface area (Å²) in [5.41, 5.74) is 0.247. The maximum atomic E-state index is 12.1. The van der Waals surface area contributed by atoms with Crippen LogP contribution in [-0.4, -0.2) is 44.5 Å². The predicted octanol–water partition coefficient (Wildman–Crippen LogP) is 0.272. The van der Waals surface area contributed by atoms with Crippen molar-refractivity contribution in [1.82, 2.24) is 4.31 Å². The lowest BCUT2D eigenvalue weighted by Crippen LogP contribution is -2.32. The van der Waals surface area contributed by atoms with Gasteiger partial charge in [0, 0.05) is 7.05 Å². The molecular formula is C11H12N2O5S. The SMILES string of the molecule is COc1cc(C#N)ccc1S(=O)(=O)N(C)CC(=O)O. The van der Waals surface area contributed by atoms with Gasteiger partial charge in [-0.05, 0) is 18.2 Å². The van der Waals surface area contributed by atoms with Gasteiger partial charge in [-0.2, -0.15) is 9.57 Å². The Kier molecular flexibility index (Phi) is 4.47. The molecule has 8 heteroatoms. The summed E-state index contributed by atoms with van der Waals surface area (Å²) in [7, 11) is -1.56. The highest BCUT2D eigenvalue weighted by Crippen LogP contribution is 2.27. The second kappa shape index (κ2) is 5.69. The molecule has 0 radical (unpaired) electrons. The first-order valence-corrected chi connectivity index (χ1v) is 6.53. The number of methoxy groups -OCH3 is 1. The number of hydrogen-bond acceptors (Lipinski definition) is 5. The molecule has 1 N–H and O–H groups in total. The second-order valence-electron chi connectivity index (χ2n) is 3.63.